The molecule has 1 atom stereocenters. The normalized spacial score (nSPS) is 21.3. The van der Waals surface area contributed by atoms with Crippen molar-refractivity contribution >= 4 is 17.4 Å². The molecule has 0 aliphatic carbocycles. The third kappa shape index (κ3) is 1.80. The summed E-state index contributed by atoms with van der Waals surface area (Å²) in [4.78, 5) is 6.56. The maximum atomic E-state index is 5.02. The minimum atomic E-state index is 0.560. The maximum absolute atomic E-state index is 5.02. The maximum Gasteiger partial charge on any atom is 0.213 e. The van der Waals surface area contributed by atoms with E-state index in [4.69, 9.17) is 4.74 Å². The first-order valence-corrected chi connectivity index (χ1v) is 5.74. The van der Waals surface area contributed by atoms with Crippen LogP contribution in [0.3, 0.4) is 0 Å². The number of hydrogen-bond donors (Lipinski definition) is 0. The Balaban J connectivity index is 2.16. The number of ether oxygens (including phenoxy) is 1. The molecule has 0 bridgehead atoms. The lowest BCUT2D eigenvalue weighted by molar-refractivity contribution is 0.398. The fourth-order valence-corrected chi connectivity index (χ4v) is 2.65. The van der Waals surface area contributed by atoms with Crippen molar-refractivity contribution in [1.29, 1.82) is 0 Å². The molecular weight excluding hydrogens is 196 g/mol. The Morgan fingerprint density at radius 2 is 2.43 bits per heavy atom. The summed E-state index contributed by atoms with van der Waals surface area (Å²) in [5, 5.41) is 0.560. The van der Waals surface area contributed by atoms with Crippen molar-refractivity contribution in [3.63, 3.8) is 0 Å². The quantitative estimate of drug-likeness (QED) is 0.745. The lowest BCUT2D eigenvalue weighted by Gasteiger charge is -2.22. The van der Waals surface area contributed by atoms with Crippen LogP contribution in [0.25, 0.3) is 0 Å². The summed E-state index contributed by atoms with van der Waals surface area (Å²) in [6.45, 7) is 3.34. The Morgan fingerprint density at radius 3 is 2.93 bits per heavy atom. The van der Waals surface area contributed by atoms with E-state index in [1.165, 1.54) is 11.4 Å². The first-order chi connectivity index (χ1) is 6.81. The van der Waals surface area contributed by atoms with E-state index in [1.54, 1.807) is 7.11 Å². The number of anilines is 1. The summed E-state index contributed by atoms with van der Waals surface area (Å²) in [6.07, 6.45) is 1.88. The van der Waals surface area contributed by atoms with E-state index >= 15 is 0 Å². The molecule has 0 radical (unpaired) electrons. The van der Waals surface area contributed by atoms with Gasteiger partial charge in [-0.05, 0) is 13.0 Å². The molecule has 1 aromatic heterocycles. The predicted molar refractivity (Wildman–Crippen MR) is 60.1 cm³/mol. The summed E-state index contributed by atoms with van der Waals surface area (Å²) >= 11 is 1.98. The number of methoxy groups -OCH3 is 1. The van der Waals surface area contributed by atoms with E-state index in [0.29, 0.717) is 11.3 Å². The Kier molecular flexibility index (Phi) is 2.82. The van der Waals surface area contributed by atoms with Crippen molar-refractivity contribution in [2.75, 3.05) is 24.3 Å². The highest BCUT2D eigenvalue weighted by molar-refractivity contribution is 8.00. The van der Waals surface area contributed by atoms with Crippen LogP contribution in [0.1, 0.15) is 6.92 Å². The predicted octanol–water partition coefficient (Wildman–Crippen LogP) is 1.99. The molecule has 2 rings (SSSR count). The van der Waals surface area contributed by atoms with Crippen LogP contribution in [0.4, 0.5) is 5.69 Å². The highest BCUT2D eigenvalue weighted by Gasteiger charge is 2.20. The largest absolute Gasteiger partial charge is 0.481 e. The van der Waals surface area contributed by atoms with Gasteiger partial charge in [0.25, 0.3) is 0 Å². The fourth-order valence-electron chi connectivity index (χ4n) is 1.60. The SMILES string of the molecule is COc1ccc(N2CCSC2C)cn1. The van der Waals surface area contributed by atoms with E-state index in [2.05, 4.69) is 22.9 Å². The Bertz CT molecular complexity index is 301. The average molecular weight is 210 g/mol. The van der Waals surface area contributed by atoms with Crippen LogP contribution in [0.2, 0.25) is 0 Å². The third-order valence-corrected chi connectivity index (χ3v) is 3.55. The monoisotopic (exact) mass is 210 g/mol. The second-order valence-electron chi connectivity index (χ2n) is 3.22. The first kappa shape index (κ1) is 9.65. The van der Waals surface area contributed by atoms with Crippen molar-refractivity contribution in [1.82, 2.24) is 4.98 Å². The van der Waals surface area contributed by atoms with Crippen LogP contribution in [0, 0.1) is 0 Å². The van der Waals surface area contributed by atoms with Crippen LogP contribution in [-0.2, 0) is 0 Å². The molecule has 2 heterocycles. The first-order valence-electron chi connectivity index (χ1n) is 4.69. The molecule has 1 aliphatic rings. The number of rotatable bonds is 2. The topological polar surface area (TPSA) is 25.4 Å². The van der Waals surface area contributed by atoms with Crippen molar-refractivity contribution in [2.24, 2.45) is 0 Å². The number of hydrogen-bond acceptors (Lipinski definition) is 4. The van der Waals surface area contributed by atoms with Crippen LogP contribution in [0.5, 0.6) is 5.88 Å². The van der Waals surface area contributed by atoms with Crippen molar-refractivity contribution < 1.29 is 4.74 Å². The molecule has 4 heteroatoms. The van der Waals surface area contributed by atoms with Crippen LogP contribution in [-0.4, -0.2) is 29.8 Å². The van der Waals surface area contributed by atoms with E-state index in [0.717, 1.165) is 6.54 Å². The zero-order valence-corrected chi connectivity index (χ0v) is 9.25. The van der Waals surface area contributed by atoms with E-state index in [1.807, 2.05) is 24.0 Å². The zero-order valence-electron chi connectivity index (χ0n) is 8.43. The van der Waals surface area contributed by atoms with Gasteiger partial charge in [0.2, 0.25) is 5.88 Å². The Hall–Kier alpha value is -0.900. The lowest BCUT2D eigenvalue weighted by Crippen LogP contribution is -2.25. The zero-order chi connectivity index (χ0) is 9.97. The number of pyridine rings is 1. The lowest BCUT2D eigenvalue weighted by atomic mass is 10.3. The van der Waals surface area contributed by atoms with Crippen LogP contribution >= 0.6 is 11.8 Å². The summed E-state index contributed by atoms with van der Waals surface area (Å²) in [7, 11) is 1.64. The molecular formula is C10H14N2OS. The molecule has 0 spiro atoms. The molecule has 3 nitrogen and oxygen atoms in total. The minimum absolute atomic E-state index is 0.560. The van der Waals surface area contributed by atoms with Gasteiger partial charge in [-0.2, -0.15) is 0 Å². The molecule has 0 amide bonds. The minimum Gasteiger partial charge on any atom is -0.481 e. The van der Waals surface area contributed by atoms with E-state index in [9.17, 15) is 0 Å². The molecule has 0 N–H and O–H groups in total. The van der Waals surface area contributed by atoms with Gasteiger partial charge in [-0.1, -0.05) is 0 Å². The van der Waals surface area contributed by atoms with Gasteiger partial charge in [-0.25, -0.2) is 4.98 Å². The summed E-state index contributed by atoms with van der Waals surface area (Å²) < 4.78 is 5.02. The molecule has 1 aromatic rings. The van der Waals surface area contributed by atoms with Gasteiger partial charge >= 0.3 is 0 Å². The smallest absolute Gasteiger partial charge is 0.213 e. The molecule has 0 saturated carbocycles. The third-order valence-electron chi connectivity index (χ3n) is 2.39. The van der Waals surface area contributed by atoms with Gasteiger partial charge in [0.05, 0.1) is 24.4 Å². The van der Waals surface area contributed by atoms with E-state index in [-0.39, 0.29) is 0 Å². The molecule has 1 fully saturated rings. The van der Waals surface area contributed by atoms with Crippen molar-refractivity contribution in [2.45, 2.75) is 12.3 Å². The Labute approximate surface area is 88.5 Å². The molecule has 14 heavy (non-hydrogen) atoms. The van der Waals surface area contributed by atoms with E-state index < -0.39 is 0 Å². The number of aromatic nitrogens is 1. The second-order valence-corrected chi connectivity index (χ2v) is 4.65. The highest BCUT2D eigenvalue weighted by Crippen LogP contribution is 2.29. The standard InChI is InChI=1S/C10H14N2OS/c1-8-12(5-6-14-8)9-3-4-10(13-2)11-7-9/h3-4,7-8H,5-6H2,1-2H3. The van der Waals surface area contributed by atoms with Gasteiger partial charge in [0, 0.05) is 18.4 Å². The summed E-state index contributed by atoms with van der Waals surface area (Å²) in [5.74, 6) is 1.88. The average Bonchev–Trinajstić information content (AvgIpc) is 2.65. The number of thioether (sulfide) groups is 1. The van der Waals surface area contributed by atoms with Gasteiger partial charge in [-0.3, -0.25) is 0 Å². The number of nitrogens with zero attached hydrogens (tertiary/aromatic N) is 2. The second kappa shape index (κ2) is 4.09. The molecule has 76 valence electrons. The van der Waals surface area contributed by atoms with Gasteiger partial charge in [0.15, 0.2) is 0 Å². The highest BCUT2D eigenvalue weighted by atomic mass is 32.2. The molecule has 1 saturated heterocycles. The van der Waals surface area contributed by atoms with Crippen molar-refractivity contribution in [3.8, 4) is 5.88 Å². The summed E-state index contributed by atoms with van der Waals surface area (Å²) in [5.41, 5.74) is 1.18. The van der Waals surface area contributed by atoms with Crippen LogP contribution < -0.4 is 9.64 Å². The summed E-state index contributed by atoms with van der Waals surface area (Å²) in [6, 6.07) is 3.97. The molecule has 1 unspecified atom stereocenters. The van der Waals surface area contributed by atoms with Crippen molar-refractivity contribution in [3.05, 3.63) is 18.3 Å². The fraction of sp³-hybridized carbons (Fsp3) is 0.500. The van der Waals surface area contributed by atoms with Gasteiger partial charge in [-0.15, -0.1) is 11.8 Å². The van der Waals surface area contributed by atoms with Crippen LogP contribution in [0.15, 0.2) is 18.3 Å². The molecule has 1 aliphatic heterocycles. The van der Waals surface area contributed by atoms with Gasteiger partial charge in [0.1, 0.15) is 0 Å². The molecule has 0 aromatic carbocycles. The Morgan fingerprint density at radius 1 is 1.57 bits per heavy atom. The van der Waals surface area contributed by atoms with Gasteiger partial charge < -0.3 is 9.64 Å².